The Labute approximate surface area is 869 Å². The maximum absolute atomic E-state index is 15.0. The van der Waals surface area contributed by atoms with Gasteiger partial charge in [-0.15, -0.1) is 22.7 Å². The van der Waals surface area contributed by atoms with Gasteiger partial charge in [-0.05, 0) is 135 Å². The lowest BCUT2D eigenvalue weighted by Gasteiger charge is -2.20. The van der Waals surface area contributed by atoms with Crippen molar-refractivity contribution in [2.45, 2.75) is 0 Å². The summed E-state index contributed by atoms with van der Waals surface area (Å²) >= 11 is 3.68. The highest BCUT2D eigenvalue weighted by atomic mass is 32.1. The summed E-state index contributed by atoms with van der Waals surface area (Å²) in [5.74, 6) is 3.79. The zero-order valence-electron chi connectivity index (χ0n) is 80.5. The van der Waals surface area contributed by atoms with Gasteiger partial charge in [0.15, 0.2) is 42.1 Å². The minimum Gasteiger partial charge on any atom is -0.455 e. The first-order chi connectivity index (χ1) is 74.2. The largest absolute Gasteiger partial charge is 0.455 e. The number of furan rings is 1. The number of pyridine rings is 3. The van der Waals surface area contributed by atoms with Gasteiger partial charge in [0, 0.05) is 150 Å². The van der Waals surface area contributed by atoms with Gasteiger partial charge < -0.3 is 13.5 Å². The molecule has 30 aromatic rings. The molecule has 0 spiro atoms. The molecule has 0 N–H and O–H groups in total. The summed E-state index contributed by atoms with van der Waals surface area (Å²) in [5.41, 5.74) is 21.6. The van der Waals surface area contributed by atoms with Crippen molar-refractivity contribution in [3.63, 3.8) is 0 Å². The topological polar surface area (TPSA) is 151 Å². The van der Waals surface area contributed by atoms with Gasteiger partial charge in [0.1, 0.15) is 11.2 Å². The molecule has 15 heteroatoms. The van der Waals surface area contributed by atoms with Gasteiger partial charge >= 0.3 is 0 Å². The molecule has 0 saturated carbocycles. The third-order valence-corrected chi connectivity index (χ3v) is 34.1. The summed E-state index contributed by atoms with van der Waals surface area (Å²) in [4.78, 5) is 46.1. The highest BCUT2D eigenvalue weighted by molar-refractivity contribution is 7.85. The molecule has 0 aliphatic rings. The van der Waals surface area contributed by atoms with E-state index in [1.807, 2.05) is 205 Å². The number of aromatic nitrogens is 10. The fourth-order valence-corrected chi connectivity index (χ4v) is 26.5. The Morgan fingerprint density at radius 3 is 1.07 bits per heavy atom. The number of benzene rings is 21. The molecule has 702 valence electrons. The highest BCUT2D eigenvalue weighted by Gasteiger charge is 2.31. The molecule has 0 aliphatic carbocycles. The van der Waals surface area contributed by atoms with Gasteiger partial charge in [-0.1, -0.05) is 406 Å². The molecule has 9 heterocycles. The standard InChI is InChI=1S/C52H31N5S.C43H28NO2P.C40H24N4S/c1-2-13-32(14-3-1)50-54-51(33-25-27-38(28-26-33)57-44-22-9-6-19-39(44)40-20-7-10-23-45(40)57)56-52(55-50)37-18-12-17-36(29-37)48-47-41-21-8-11-24-46(41)58-49(47)42-30-34-15-4-5-16-35(34)31-43(42)53-48;45-47(33-14-3-1-4-15-33,34-16-5-2-6-17-34)35-18-11-13-32(28-35)29-22-24-31(25-23-29)41-40-37-20-9-10-21-39(37)46-43(40)38-27-26-30-12-7-8-19-36(30)42(38)44-41;1-3-11-26(12-4-1)38-42-39(27-13-5-2-6-14-27)44-40(43-38)28-21-19-25(20-22-28)36-35-31-17-9-10-18-34(31)45-37(35)32-23-29-15-7-8-16-30(29)24-33(32)41-36/h1-31H;1-28H;1-24H. The van der Waals surface area contributed by atoms with E-state index >= 15 is 4.57 Å². The molecule has 0 fully saturated rings. The zero-order valence-corrected chi connectivity index (χ0v) is 83.0. The van der Waals surface area contributed by atoms with Crippen molar-refractivity contribution in [1.29, 1.82) is 0 Å². The fraction of sp³-hybridized carbons (Fsp3) is 0. The van der Waals surface area contributed by atoms with E-state index in [1.54, 1.807) is 0 Å². The summed E-state index contributed by atoms with van der Waals surface area (Å²) in [6.45, 7) is 0. The third-order valence-electron chi connectivity index (χ3n) is 28.6. The number of fused-ring (bicyclic) bond motifs is 22. The molecular weight excluding hydrogens is 1890 g/mol. The van der Waals surface area contributed by atoms with E-state index in [9.17, 15) is 0 Å². The third kappa shape index (κ3) is 15.8. The van der Waals surface area contributed by atoms with Gasteiger partial charge in [0.2, 0.25) is 0 Å². The van der Waals surface area contributed by atoms with E-state index in [0.717, 1.165) is 155 Å². The van der Waals surface area contributed by atoms with E-state index in [0.29, 0.717) is 34.9 Å². The van der Waals surface area contributed by atoms with Crippen LogP contribution in [0.25, 0.3) is 268 Å². The van der Waals surface area contributed by atoms with Crippen LogP contribution in [-0.2, 0) is 4.57 Å². The average Bonchev–Trinajstić information content (AvgIpc) is 1.66. The normalized spacial score (nSPS) is 11.8. The molecule has 0 bridgehead atoms. The maximum atomic E-state index is 15.0. The smallest absolute Gasteiger partial charge is 0.171 e. The van der Waals surface area contributed by atoms with Crippen LogP contribution in [0, 0.1) is 0 Å². The molecule has 12 nitrogen and oxygen atoms in total. The molecule has 150 heavy (non-hydrogen) atoms. The monoisotopic (exact) mass is 1970 g/mol. The van der Waals surface area contributed by atoms with Crippen LogP contribution in [0.15, 0.2) is 508 Å². The number of nitrogens with zero attached hydrogens (tertiary/aromatic N) is 10. The summed E-state index contributed by atoms with van der Waals surface area (Å²) in [7, 11) is -3.09. The minimum atomic E-state index is -3.09. The van der Waals surface area contributed by atoms with Crippen LogP contribution < -0.4 is 15.9 Å². The Balaban J connectivity index is 0.000000109. The van der Waals surface area contributed by atoms with E-state index in [-0.39, 0.29) is 0 Å². The summed E-state index contributed by atoms with van der Waals surface area (Å²) < 4.78 is 28.9. The van der Waals surface area contributed by atoms with Crippen molar-refractivity contribution in [2.24, 2.45) is 0 Å². The van der Waals surface area contributed by atoms with E-state index in [2.05, 4.69) is 326 Å². The summed E-state index contributed by atoms with van der Waals surface area (Å²) in [6.07, 6.45) is 0. The van der Waals surface area contributed by atoms with Gasteiger partial charge in [-0.25, -0.2) is 44.9 Å². The number of rotatable bonds is 14. The van der Waals surface area contributed by atoms with Crippen LogP contribution in [0.2, 0.25) is 0 Å². The number of para-hydroxylation sites is 3. The molecule has 9 aromatic heterocycles. The van der Waals surface area contributed by atoms with Crippen molar-refractivity contribution in [1.82, 2.24) is 49.4 Å². The molecule has 0 atom stereocenters. The number of thiophene rings is 2. The molecular formula is C135H83N10O2PS2. The van der Waals surface area contributed by atoms with Crippen LogP contribution >= 0.6 is 29.8 Å². The second-order valence-corrected chi connectivity index (χ2v) is 42.5. The van der Waals surface area contributed by atoms with Gasteiger partial charge in [-0.3, -0.25) is 0 Å². The fourth-order valence-electron chi connectivity index (χ4n) is 21.4. The quantitative estimate of drug-likeness (QED) is 0.0581. The lowest BCUT2D eigenvalue weighted by atomic mass is 9.98. The second-order valence-electron chi connectivity index (χ2n) is 37.6. The maximum Gasteiger partial charge on any atom is 0.171 e. The van der Waals surface area contributed by atoms with Crippen LogP contribution in [0.5, 0.6) is 0 Å². The molecule has 0 amide bonds. The van der Waals surface area contributed by atoms with Crippen LogP contribution in [-0.4, -0.2) is 49.4 Å². The lowest BCUT2D eigenvalue weighted by molar-refractivity contribution is 0.592. The molecule has 21 aromatic carbocycles. The van der Waals surface area contributed by atoms with Crippen LogP contribution in [0.1, 0.15) is 0 Å². The van der Waals surface area contributed by atoms with Crippen molar-refractivity contribution >= 4 is 195 Å². The first-order valence-electron chi connectivity index (χ1n) is 50.0. The Bertz CT molecular complexity index is 10500. The highest BCUT2D eigenvalue weighted by Crippen LogP contribution is 2.50. The van der Waals surface area contributed by atoms with Crippen LogP contribution in [0.4, 0.5) is 0 Å². The Morgan fingerprint density at radius 2 is 0.567 bits per heavy atom. The minimum absolute atomic E-state index is 0.607. The van der Waals surface area contributed by atoms with Crippen molar-refractivity contribution in [2.75, 3.05) is 0 Å². The zero-order chi connectivity index (χ0) is 99.3. The molecule has 0 radical (unpaired) electrons. The Morgan fingerprint density at radius 1 is 0.213 bits per heavy atom. The van der Waals surface area contributed by atoms with Crippen molar-refractivity contribution in [3.05, 3.63) is 504 Å². The van der Waals surface area contributed by atoms with Crippen molar-refractivity contribution in [3.8, 4) is 119 Å². The predicted molar refractivity (Wildman–Crippen MR) is 626 cm³/mol. The van der Waals surface area contributed by atoms with Crippen molar-refractivity contribution < 1.29 is 8.98 Å². The summed E-state index contributed by atoms with van der Waals surface area (Å²) in [5, 5.41) is 22.2. The van der Waals surface area contributed by atoms with Gasteiger partial charge in [0.25, 0.3) is 0 Å². The number of hydrogen-bond donors (Lipinski definition) is 0. The first kappa shape index (κ1) is 88.6. The van der Waals surface area contributed by atoms with Gasteiger partial charge in [0.05, 0.1) is 50.1 Å². The first-order valence-corrected chi connectivity index (χ1v) is 53.4. The molecule has 0 unspecified atom stereocenters. The molecule has 0 saturated heterocycles. The second kappa shape index (κ2) is 37.2. The van der Waals surface area contributed by atoms with Crippen LogP contribution in [0.3, 0.4) is 0 Å². The Kier molecular flexibility index (Phi) is 22.0. The summed E-state index contributed by atoms with van der Waals surface area (Å²) in [6, 6.07) is 173. The van der Waals surface area contributed by atoms with E-state index in [4.69, 9.17) is 49.3 Å². The Hall–Kier alpha value is -19.1. The predicted octanol–water partition coefficient (Wildman–Crippen LogP) is 34.6. The average molecular weight is 1970 g/mol. The molecule has 0 aliphatic heterocycles. The van der Waals surface area contributed by atoms with E-state index < -0.39 is 7.14 Å². The van der Waals surface area contributed by atoms with Gasteiger partial charge in [-0.2, -0.15) is 0 Å². The van der Waals surface area contributed by atoms with E-state index in [1.165, 1.54) is 94.5 Å². The lowest BCUT2D eigenvalue weighted by Crippen LogP contribution is -2.25. The molecule has 30 rings (SSSR count). The number of hydrogen-bond acceptors (Lipinski definition) is 13. The SMILES string of the molecule is O=P(c1ccccc1)(c1ccccc1)c1cccc(-c2ccc(-c3nc4c5ccccc5ccc4c4oc5ccccc5c34)cc2)c1.c1ccc(-c2nc(-c3ccc(-n4c5ccccc5c5ccccc54)cc3)nc(-c3cccc(-c4nc5cc6ccccc6cc5c5sc6ccccc6c45)c3)n2)cc1.c1ccc(-c2nc(-c3ccccc3)nc(-c3ccc(-c4nc5cc6ccccc6cc5c5sc6ccccc6c45)cc3)n2)cc1.